The summed E-state index contributed by atoms with van der Waals surface area (Å²) in [6.07, 6.45) is -0.365. The van der Waals surface area contributed by atoms with E-state index in [9.17, 15) is 4.79 Å². The molecule has 2 aromatic rings. The third kappa shape index (κ3) is 21.4. The van der Waals surface area contributed by atoms with Gasteiger partial charge in [-0.15, -0.1) is 0 Å². The average molecular weight is 781 g/mol. The topological polar surface area (TPSA) is 157 Å². The fourth-order valence-electron chi connectivity index (χ4n) is 5.38. The molecule has 15 nitrogen and oxygen atoms in total. The zero-order chi connectivity index (χ0) is 38.9. The highest BCUT2D eigenvalue weighted by Gasteiger charge is 2.29. The first-order valence-electron chi connectivity index (χ1n) is 19.3. The summed E-state index contributed by atoms with van der Waals surface area (Å²) >= 11 is 0. The van der Waals surface area contributed by atoms with Crippen LogP contribution in [-0.2, 0) is 56.8 Å². The maximum Gasteiger partial charge on any atom is 0.409 e. The molecular formula is C40H64N2O13. The highest BCUT2D eigenvalue weighted by molar-refractivity contribution is 5.79. The number of rotatable bonds is 37. The monoisotopic (exact) mass is 780 g/mol. The minimum atomic E-state index is -0.365. The van der Waals surface area contributed by atoms with Gasteiger partial charge in [-0.2, -0.15) is 0 Å². The number of likely N-dealkylation sites (N-methyl/N-ethyl adjacent to an activating group) is 1. The molecule has 1 amide bonds. The van der Waals surface area contributed by atoms with E-state index in [1.165, 1.54) is 27.2 Å². The number of hydrogen-bond donors (Lipinski definition) is 1. The second kappa shape index (κ2) is 32.3. The molecule has 1 aliphatic rings. The van der Waals surface area contributed by atoms with Gasteiger partial charge < -0.3 is 67.5 Å². The predicted octanol–water partition coefficient (Wildman–Crippen LogP) is 3.01. The van der Waals surface area contributed by atoms with Crippen LogP contribution in [0.3, 0.4) is 0 Å². The van der Waals surface area contributed by atoms with Crippen molar-refractivity contribution in [3.63, 3.8) is 0 Å². The van der Waals surface area contributed by atoms with E-state index in [-0.39, 0.29) is 12.0 Å². The summed E-state index contributed by atoms with van der Waals surface area (Å²) in [5, 5.41) is 0. The van der Waals surface area contributed by atoms with Crippen LogP contribution in [0.1, 0.15) is 17.0 Å². The van der Waals surface area contributed by atoms with Crippen molar-refractivity contribution in [1.29, 1.82) is 0 Å². The van der Waals surface area contributed by atoms with E-state index in [4.69, 9.17) is 62.6 Å². The zero-order valence-corrected chi connectivity index (χ0v) is 32.7. The van der Waals surface area contributed by atoms with E-state index in [1.54, 1.807) is 7.05 Å². The summed E-state index contributed by atoms with van der Waals surface area (Å²) < 4.78 is 65.8. The van der Waals surface area contributed by atoms with Gasteiger partial charge in [-0.3, -0.25) is 0 Å². The minimum Gasteiger partial charge on any atom is -0.448 e. The van der Waals surface area contributed by atoms with Crippen LogP contribution in [0.4, 0.5) is 4.79 Å². The molecule has 0 unspecified atom stereocenters. The molecule has 2 aromatic carbocycles. The molecule has 0 bridgehead atoms. The first kappa shape index (κ1) is 46.6. The maximum absolute atomic E-state index is 12.6. The van der Waals surface area contributed by atoms with Gasteiger partial charge in [0.15, 0.2) is 0 Å². The highest BCUT2D eigenvalue weighted by atomic mass is 16.6. The van der Waals surface area contributed by atoms with Gasteiger partial charge in [-0.25, -0.2) is 4.79 Å². The second-order valence-corrected chi connectivity index (χ2v) is 12.3. The molecule has 0 radical (unpaired) electrons. The molecule has 0 aromatic heterocycles. The van der Waals surface area contributed by atoms with Crippen molar-refractivity contribution in [2.24, 2.45) is 5.73 Å². The lowest BCUT2D eigenvalue weighted by molar-refractivity contribution is -0.0275. The molecule has 0 spiro atoms. The summed E-state index contributed by atoms with van der Waals surface area (Å²) in [4.78, 5) is 14.1. The Morgan fingerprint density at radius 3 is 1.09 bits per heavy atom. The van der Waals surface area contributed by atoms with E-state index in [0.29, 0.717) is 165 Å². The van der Waals surface area contributed by atoms with Gasteiger partial charge in [0.1, 0.15) is 6.61 Å². The summed E-state index contributed by atoms with van der Waals surface area (Å²) in [6, 6.07) is 16.6. The lowest BCUT2D eigenvalue weighted by Gasteiger charge is -2.19. The Morgan fingerprint density at radius 2 is 0.764 bits per heavy atom. The van der Waals surface area contributed by atoms with Crippen molar-refractivity contribution in [2.75, 3.05) is 172 Å². The van der Waals surface area contributed by atoms with Gasteiger partial charge >= 0.3 is 6.09 Å². The Morgan fingerprint density at radius 1 is 0.473 bits per heavy atom. The normalized spacial score (nSPS) is 12.3. The number of fused-ring (bicyclic) bond motifs is 3. The average Bonchev–Trinajstić information content (AvgIpc) is 3.53. The van der Waals surface area contributed by atoms with Crippen LogP contribution in [0, 0.1) is 0 Å². The van der Waals surface area contributed by atoms with Crippen molar-refractivity contribution < 1.29 is 61.6 Å². The fourth-order valence-corrected chi connectivity index (χ4v) is 5.38. The number of ether oxygens (including phenoxy) is 12. The number of nitrogens with two attached hydrogens (primary N) is 1. The molecule has 0 heterocycles. The molecule has 0 saturated carbocycles. The maximum atomic E-state index is 12.6. The fraction of sp³-hybridized carbons (Fsp3) is 0.675. The van der Waals surface area contributed by atoms with Crippen LogP contribution in [0.25, 0.3) is 11.1 Å². The van der Waals surface area contributed by atoms with Crippen molar-refractivity contribution in [1.82, 2.24) is 4.90 Å². The van der Waals surface area contributed by atoms with E-state index < -0.39 is 0 Å². The summed E-state index contributed by atoms with van der Waals surface area (Å²) in [6.45, 7) is 12.1. The van der Waals surface area contributed by atoms with Gasteiger partial charge in [0.2, 0.25) is 0 Å². The molecule has 55 heavy (non-hydrogen) atoms. The van der Waals surface area contributed by atoms with Crippen LogP contribution in [0.2, 0.25) is 0 Å². The number of carbonyl (C=O) groups excluding carboxylic acids is 1. The SMILES string of the molecule is CN(CCOCCOCCOCCOCCOCCOCCOCCOCCOCCOCCOCCN)C(=O)OCC1c2ccccc2-c2ccccc21. The van der Waals surface area contributed by atoms with Crippen LogP contribution < -0.4 is 5.73 Å². The zero-order valence-electron chi connectivity index (χ0n) is 32.7. The number of carbonyl (C=O) groups is 1. The largest absolute Gasteiger partial charge is 0.448 e. The molecule has 0 atom stereocenters. The molecule has 0 saturated heterocycles. The molecule has 15 heteroatoms. The molecule has 312 valence electrons. The van der Waals surface area contributed by atoms with Crippen molar-refractivity contribution in [2.45, 2.75) is 5.92 Å². The van der Waals surface area contributed by atoms with Gasteiger partial charge in [-0.1, -0.05) is 48.5 Å². The molecular weight excluding hydrogens is 716 g/mol. The predicted molar refractivity (Wildman–Crippen MR) is 206 cm³/mol. The number of amides is 1. The quantitative estimate of drug-likeness (QED) is 0.0999. The standard InChI is InChI=1S/C40H64N2O13/c1-42(40(43)55-34-39-37-8-4-2-6-35(37)36-7-3-5-9-38(36)39)11-13-45-15-17-47-19-21-49-23-25-51-27-29-53-31-33-54-32-30-52-28-26-50-24-22-48-20-18-46-16-14-44-12-10-41/h2-9,39H,10-34,41H2,1H3. The molecule has 0 fully saturated rings. The van der Waals surface area contributed by atoms with E-state index in [0.717, 1.165) is 0 Å². The molecule has 3 rings (SSSR count). The minimum absolute atomic E-state index is 0.0377. The Balaban J connectivity index is 0.967. The Kier molecular flexibility index (Phi) is 27.4. The highest BCUT2D eigenvalue weighted by Crippen LogP contribution is 2.44. The van der Waals surface area contributed by atoms with Crippen molar-refractivity contribution in [3.05, 3.63) is 59.7 Å². The van der Waals surface area contributed by atoms with Crippen molar-refractivity contribution in [3.8, 4) is 11.1 Å². The van der Waals surface area contributed by atoms with E-state index in [1.807, 2.05) is 24.3 Å². The molecule has 2 N–H and O–H groups in total. The van der Waals surface area contributed by atoms with Crippen LogP contribution in [0.5, 0.6) is 0 Å². The third-order valence-electron chi connectivity index (χ3n) is 8.20. The summed E-state index contributed by atoms with van der Waals surface area (Å²) in [7, 11) is 1.71. The smallest absolute Gasteiger partial charge is 0.409 e. The second-order valence-electron chi connectivity index (χ2n) is 12.3. The number of benzene rings is 2. The Bertz CT molecular complexity index is 1180. The third-order valence-corrected chi connectivity index (χ3v) is 8.20. The lowest BCUT2D eigenvalue weighted by atomic mass is 9.98. The summed E-state index contributed by atoms with van der Waals surface area (Å²) in [5.41, 5.74) is 10.1. The van der Waals surface area contributed by atoms with Gasteiger partial charge in [0.25, 0.3) is 0 Å². The van der Waals surface area contributed by atoms with Crippen LogP contribution in [-0.4, -0.2) is 183 Å². The first-order chi connectivity index (χ1) is 27.2. The van der Waals surface area contributed by atoms with Crippen molar-refractivity contribution >= 4 is 6.09 Å². The lowest BCUT2D eigenvalue weighted by Crippen LogP contribution is -2.32. The molecule has 1 aliphatic carbocycles. The van der Waals surface area contributed by atoms with E-state index in [2.05, 4.69) is 24.3 Å². The number of hydrogen-bond acceptors (Lipinski definition) is 14. The van der Waals surface area contributed by atoms with Gasteiger partial charge in [-0.05, 0) is 22.3 Å². The van der Waals surface area contributed by atoms with E-state index >= 15 is 0 Å². The first-order valence-corrected chi connectivity index (χ1v) is 19.3. The summed E-state index contributed by atoms with van der Waals surface area (Å²) in [5.74, 6) is 0.0377. The Labute approximate surface area is 326 Å². The Hall–Kier alpha value is -2.77. The van der Waals surface area contributed by atoms with Crippen LogP contribution >= 0.6 is 0 Å². The van der Waals surface area contributed by atoms with Crippen LogP contribution in [0.15, 0.2) is 48.5 Å². The van der Waals surface area contributed by atoms with Gasteiger partial charge in [0, 0.05) is 26.1 Å². The molecule has 0 aliphatic heterocycles. The number of nitrogens with zero attached hydrogens (tertiary/aromatic N) is 1. The van der Waals surface area contributed by atoms with Gasteiger partial charge in [0.05, 0.1) is 145 Å².